The van der Waals surface area contributed by atoms with E-state index in [2.05, 4.69) is 62.5 Å². The van der Waals surface area contributed by atoms with Crippen LogP contribution >= 0.6 is 7.82 Å². The second-order valence-electron chi connectivity index (χ2n) is 18.0. The molecule has 4 N–H and O–H groups in total. The fourth-order valence-corrected chi connectivity index (χ4v) is 8.32. The van der Waals surface area contributed by atoms with Gasteiger partial charge in [0.2, 0.25) is 0 Å². The van der Waals surface area contributed by atoms with Gasteiger partial charge in [-0.15, -0.1) is 0 Å². The Hall–Kier alpha value is -2.07. The molecule has 65 heavy (non-hydrogen) atoms. The standard InChI is InChI=1S/C54H100NO9P/c1-3-5-7-9-11-13-15-17-19-21-23-25-26-27-28-30-32-34-36-38-40-42-44-46-53(56)64-51(49-62-65(59,60)63-50-52(55)54(57)58)48-61-47-45-43-41-39-37-35-33-31-29-24-22-20-18-16-14-12-10-8-6-4-2/h5,7,11,13,17,19,23,25,51-52H,3-4,6,8-10,12,14-16,18,20-22,24,26-50,55H2,1-2H3,(H,57,58)(H,59,60)/b7-5-,13-11-,19-17-,25-23-. The lowest BCUT2D eigenvalue weighted by atomic mass is 10.0. The molecule has 0 spiro atoms. The van der Waals surface area contributed by atoms with Gasteiger partial charge >= 0.3 is 19.8 Å². The predicted octanol–water partition coefficient (Wildman–Crippen LogP) is 15.8. The second-order valence-corrected chi connectivity index (χ2v) is 19.4. The van der Waals surface area contributed by atoms with Crippen LogP contribution in [0.25, 0.3) is 0 Å². The summed E-state index contributed by atoms with van der Waals surface area (Å²) in [6.45, 7) is 3.81. The van der Waals surface area contributed by atoms with Crippen molar-refractivity contribution in [3.05, 3.63) is 48.6 Å². The van der Waals surface area contributed by atoms with Crippen LogP contribution in [0.2, 0.25) is 0 Å². The number of aliphatic carboxylic acids is 1. The maximum atomic E-state index is 12.7. The molecule has 0 aliphatic heterocycles. The number of unbranched alkanes of at least 4 members (excludes halogenated alkanes) is 29. The molecule has 10 nitrogen and oxygen atoms in total. The number of ether oxygens (including phenoxy) is 2. The molecule has 3 atom stereocenters. The molecule has 0 aliphatic rings. The lowest BCUT2D eigenvalue weighted by Crippen LogP contribution is -2.34. The number of allylic oxidation sites excluding steroid dienone is 8. The van der Waals surface area contributed by atoms with Gasteiger partial charge in [0.05, 0.1) is 19.8 Å². The number of esters is 1. The zero-order valence-electron chi connectivity index (χ0n) is 41.8. The van der Waals surface area contributed by atoms with E-state index in [0.29, 0.717) is 13.0 Å². The first-order valence-electron chi connectivity index (χ1n) is 26.7. The van der Waals surface area contributed by atoms with Gasteiger partial charge in [-0.1, -0.05) is 236 Å². The number of carbonyl (C=O) groups is 2. The molecule has 0 aliphatic carbocycles. The van der Waals surface area contributed by atoms with E-state index in [0.717, 1.165) is 70.6 Å². The van der Waals surface area contributed by atoms with Crippen LogP contribution in [0.4, 0.5) is 0 Å². The van der Waals surface area contributed by atoms with Gasteiger partial charge in [0.15, 0.2) is 0 Å². The molecule has 0 amide bonds. The van der Waals surface area contributed by atoms with E-state index in [4.69, 9.17) is 29.4 Å². The van der Waals surface area contributed by atoms with Crippen molar-refractivity contribution in [2.75, 3.05) is 26.4 Å². The first-order valence-corrected chi connectivity index (χ1v) is 28.2. The van der Waals surface area contributed by atoms with E-state index >= 15 is 0 Å². The van der Waals surface area contributed by atoms with Gasteiger partial charge < -0.3 is 25.2 Å². The van der Waals surface area contributed by atoms with Gasteiger partial charge in [-0.2, -0.15) is 0 Å². The molecular weight excluding hydrogens is 838 g/mol. The topological polar surface area (TPSA) is 155 Å². The molecule has 3 unspecified atom stereocenters. The van der Waals surface area contributed by atoms with Crippen LogP contribution in [0.15, 0.2) is 48.6 Å². The molecule has 0 bridgehead atoms. The maximum Gasteiger partial charge on any atom is 0.472 e. The van der Waals surface area contributed by atoms with E-state index in [-0.39, 0.29) is 13.0 Å². The number of carboxylic acids is 1. The van der Waals surface area contributed by atoms with Crippen molar-refractivity contribution < 1.29 is 42.7 Å². The Morgan fingerprint density at radius 1 is 0.508 bits per heavy atom. The summed E-state index contributed by atoms with van der Waals surface area (Å²) in [6.07, 6.45) is 60.3. The van der Waals surface area contributed by atoms with Gasteiger partial charge in [0, 0.05) is 13.0 Å². The first-order chi connectivity index (χ1) is 31.7. The SMILES string of the molecule is CC/C=C\C/C=C\C/C=C\C/C=C\CCCCCCCCCCCCC(=O)OC(COCCCCCCCCCCCCCCCCCCCCCC)COP(=O)(O)OCC(N)C(=O)O. The number of hydrogen-bond donors (Lipinski definition) is 3. The fraction of sp³-hybridized carbons (Fsp3) is 0.815. The van der Waals surface area contributed by atoms with Gasteiger partial charge in [0.1, 0.15) is 12.1 Å². The Balaban J connectivity index is 4.10. The summed E-state index contributed by atoms with van der Waals surface area (Å²) in [7, 11) is -4.62. The quantitative estimate of drug-likeness (QED) is 0.0232. The molecule has 0 rings (SSSR count). The smallest absolute Gasteiger partial charge is 0.472 e. The lowest BCUT2D eigenvalue weighted by molar-refractivity contribution is -0.154. The fourth-order valence-electron chi connectivity index (χ4n) is 7.54. The second kappa shape index (κ2) is 49.8. The zero-order valence-corrected chi connectivity index (χ0v) is 42.7. The average Bonchev–Trinajstić information content (AvgIpc) is 3.29. The summed E-state index contributed by atoms with van der Waals surface area (Å²) >= 11 is 0. The number of rotatable bonds is 51. The number of carbonyl (C=O) groups excluding carboxylic acids is 1. The number of phosphoric ester groups is 1. The third-order valence-electron chi connectivity index (χ3n) is 11.6. The van der Waals surface area contributed by atoms with Crippen molar-refractivity contribution >= 4 is 19.8 Å². The van der Waals surface area contributed by atoms with Crippen molar-refractivity contribution in [1.29, 1.82) is 0 Å². The molecule has 0 heterocycles. The highest BCUT2D eigenvalue weighted by Gasteiger charge is 2.27. The molecule has 0 aromatic rings. The first kappa shape index (κ1) is 62.9. The normalized spacial score (nSPS) is 14.0. The van der Waals surface area contributed by atoms with Gasteiger partial charge in [0.25, 0.3) is 0 Å². The van der Waals surface area contributed by atoms with Crippen molar-refractivity contribution in [3.8, 4) is 0 Å². The van der Waals surface area contributed by atoms with E-state index < -0.39 is 45.1 Å². The van der Waals surface area contributed by atoms with Gasteiger partial charge in [-0.05, 0) is 51.4 Å². The molecule has 11 heteroatoms. The van der Waals surface area contributed by atoms with Crippen LogP contribution in [-0.2, 0) is 32.7 Å². The molecule has 0 aromatic carbocycles. The van der Waals surface area contributed by atoms with Crippen molar-refractivity contribution in [2.24, 2.45) is 5.73 Å². The highest BCUT2D eigenvalue weighted by atomic mass is 31.2. The van der Waals surface area contributed by atoms with Crippen LogP contribution in [0.1, 0.15) is 245 Å². The number of hydrogen-bond acceptors (Lipinski definition) is 8. The van der Waals surface area contributed by atoms with Crippen LogP contribution in [-0.4, -0.2) is 60.5 Å². The van der Waals surface area contributed by atoms with Crippen LogP contribution in [0.3, 0.4) is 0 Å². The molecule has 0 aromatic heterocycles. The molecule has 0 saturated carbocycles. The summed E-state index contributed by atoms with van der Waals surface area (Å²) in [5.41, 5.74) is 5.38. The van der Waals surface area contributed by atoms with Crippen molar-refractivity contribution in [3.63, 3.8) is 0 Å². The molecule has 0 fully saturated rings. The summed E-state index contributed by atoms with van der Waals surface area (Å²) in [5.74, 6) is -1.78. The molecule has 0 radical (unpaired) electrons. The monoisotopic (exact) mass is 938 g/mol. The predicted molar refractivity (Wildman–Crippen MR) is 272 cm³/mol. The summed E-state index contributed by atoms with van der Waals surface area (Å²) in [5, 5.41) is 8.94. The largest absolute Gasteiger partial charge is 0.480 e. The summed E-state index contributed by atoms with van der Waals surface area (Å²) in [4.78, 5) is 33.7. The Morgan fingerprint density at radius 2 is 0.892 bits per heavy atom. The maximum absolute atomic E-state index is 12.7. The van der Waals surface area contributed by atoms with Crippen LogP contribution in [0, 0.1) is 0 Å². The minimum atomic E-state index is -4.62. The minimum absolute atomic E-state index is 0.0178. The summed E-state index contributed by atoms with van der Waals surface area (Å²) < 4.78 is 33.6. The Kier molecular flexibility index (Phi) is 48.2. The van der Waals surface area contributed by atoms with Crippen molar-refractivity contribution in [2.45, 2.75) is 257 Å². The number of carboxylic acid groups (broad SMARTS) is 1. The highest BCUT2D eigenvalue weighted by molar-refractivity contribution is 7.47. The summed E-state index contributed by atoms with van der Waals surface area (Å²) in [6, 6.07) is -1.47. The van der Waals surface area contributed by atoms with Gasteiger partial charge in [-0.3, -0.25) is 18.6 Å². The van der Waals surface area contributed by atoms with Crippen LogP contribution < -0.4 is 5.73 Å². The Bertz CT molecular complexity index is 1220. The van der Waals surface area contributed by atoms with E-state index in [9.17, 15) is 19.0 Å². The number of phosphoric acid groups is 1. The van der Waals surface area contributed by atoms with E-state index in [1.54, 1.807) is 0 Å². The van der Waals surface area contributed by atoms with Crippen molar-refractivity contribution in [1.82, 2.24) is 0 Å². The molecule has 0 saturated heterocycles. The zero-order chi connectivity index (χ0) is 47.6. The van der Waals surface area contributed by atoms with Gasteiger partial charge in [-0.25, -0.2) is 4.57 Å². The Morgan fingerprint density at radius 3 is 1.34 bits per heavy atom. The minimum Gasteiger partial charge on any atom is -0.480 e. The lowest BCUT2D eigenvalue weighted by Gasteiger charge is -2.20. The molecule has 380 valence electrons. The Labute approximate surface area is 399 Å². The number of nitrogens with two attached hydrogens (primary N) is 1. The van der Waals surface area contributed by atoms with E-state index in [1.165, 1.54) is 148 Å². The van der Waals surface area contributed by atoms with E-state index in [1.807, 2.05) is 0 Å². The van der Waals surface area contributed by atoms with Crippen LogP contribution in [0.5, 0.6) is 0 Å². The average molecular weight is 938 g/mol. The third kappa shape index (κ3) is 49.7. The molecular formula is C54H100NO9P. The third-order valence-corrected chi connectivity index (χ3v) is 12.6. The highest BCUT2D eigenvalue weighted by Crippen LogP contribution is 2.43.